The molecule has 0 saturated heterocycles. The number of carboxylic acids is 1. The predicted octanol–water partition coefficient (Wildman–Crippen LogP) is 11.9. The normalized spacial score (nSPS) is 14.2. The third-order valence-corrected chi connectivity index (χ3v) is 8.86. The van der Waals surface area contributed by atoms with E-state index >= 15 is 0 Å². The second-order valence-electron chi connectivity index (χ2n) is 15.1. The van der Waals surface area contributed by atoms with Gasteiger partial charge in [-0.25, -0.2) is 4.79 Å². The summed E-state index contributed by atoms with van der Waals surface area (Å²) in [5.74, 6) is -1.56. The van der Waals surface area contributed by atoms with Gasteiger partial charge in [0.05, 0.1) is 34.4 Å². The third-order valence-electron chi connectivity index (χ3n) is 8.86. The lowest BCUT2D eigenvalue weighted by atomic mass is 10.1. The maximum absolute atomic E-state index is 12.7. The molecule has 0 aliphatic carbocycles. The monoisotopic (exact) mass is 805 g/mol. The molecule has 8 nitrogen and oxygen atoms in total. The standard InChI is InChI=1S/C50H77NO7/c1-6-8-10-12-14-16-18-20-22-23-24-25-27-29-31-33-35-37-39-41-49(53)58-46(44-56-43-42-47(50(54)55)51(3,4)5)45-57-48(52)40-38-36-34-32-30-28-26-21-19-17-15-13-11-9-7-2/h8-20,22-25,27,29,31,46-47H,6-7,21,26,28,30,32-45H2,1-5H3/p+1/b10-8+,11-9+,14-12+,15-13+,18-16+,19-17+,22-20+,24-23+,27-25+,31-29+. The average Bonchev–Trinajstić information content (AvgIpc) is 3.18. The van der Waals surface area contributed by atoms with Crippen molar-refractivity contribution in [2.45, 2.75) is 135 Å². The van der Waals surface area contributed by atoms with Crippen LogP contribution >= 0.6 is 0 Å². The van der Waals surface area contributed by atoms with Crippen LogP contribution in [0.4, 0.5) is 0 Å². The Hall–Kier alpha value is -4.27. The number of aliphatic carboxylic acids is 1. The summed E-state index contributed by atoms with van der Waals surface area (Å²) < 4.78 is 17.2. The first-order valence-corrected chi connectivity index (χ1v) is 21.7. The second-order valence-corrected chi connectivity index (χ2v) is 15.1. The van der Waals surface area contributed by atoms with E-state index in [9.17, 15) is 19.5 Å². The highest BCUT2D eigenvalue weighted by Gasteiger charge is 2.31. The maximum atomic E-state index is 12.7. The zero-order valence-corrected chi connectivity index (χ0v) is 36.7. The number of hydrogen-bond donors (Lipinski definition) is 1. The molecule has 2 atom stereocenters. The minimum Gasteiger partial charge on any atom is -0.477 e. The summed E-state index contributed by atoms with van der Waals surface area (Å²) in [6, 6.07) is -0.634. The zero-order chi connectivity index (χ0) is 42.8. The molecule has 324 valence electrons. The van der Waals surface area contributed by atoms with Gasteiger partial charge in [0.25, 0.3) is 0 Å². The van der Waals surface area contributed by atoms with Crippen molar-refractivity contribution in [3.63, 3.8) is 0 Å². The Balaban J connectivity index is 4.52. The van der Waals surface area contributed by atoms with E-state index in [2.05, 4.69) is 62.5 Å². The molecule has 0 amide bonds. The number of likely N-dealkylation sites (N-methyl/N-ethyl adjacent to an activating group) is 1. The molecule has 0 heterocycles. The van der Waals surface area contributed by atoms with Crippen molar-refractivity contribution >= 4 is 17.9 Å². The number of esters is 2. The fourth-order valence-corrected chi connectivity index (χ4v) is 5.54. The summed E-state index contributed by atoms with van der Waals surface area (Å²) in [4.78, 5) is 37.0. The minimum atomic E-state index is -0.892. The minimum absolute atomic E-state index is 0.0287. The van der Waals surface area contributed by atoms with Crippen LogP contribution in [0.5, 0.6) is 0 Å². The van der Waals surface area contributed by atoms with E-state index in [1.165, 1.54) is 19.3 Å². The molecule has 0 aromatic heterocycles. The number of quaternary nitrogens is 1. The summed E-state index contributed by atoms with van der Waals surface area (Å²) >= 11 is 0. The van der Waals surface area contributed by atoms with Crippen molar-refractivity contribution in [3.05, 3.63) is 122 Å². The van der Waals surface area contributed by atoms with E-state index in [1.54, 1.807) is 0 Å². The fourth-order valence-electron chi connectivity index (χ4n) is 5.54. The predicted molar refractivity (Wildman–Crippen MR) is 242 cm³/mol. The number of carbonyl (C=O) groups is 3. The van der Waals surface area contributed by atoms with Crippen LogP contribution in [0.1, 0.15) is 123 Å². The molecule has 0 rings (SSSR count). The van der Waals surface area contributed by atoms with Gasteiger partial charge in [-0.15, -0.1) is 0 Å². The van der Waals surface area contributed by atoms with Gasteiger partial charge in [0.15, 0.2) is 12.1 Å². The molecule has 0 aromatic carbocycles. The van der Waals surface area contributed by atoms with E-state index in [0.717, 1.165) is 64.2 Å². The van der Waals surface area contributed by atoms with Gasteiger partial charge < -0.3 is 23.8 Å². The molecule has 0 aliphatic heterocycles. The molecule has 0 fully saturated rings. The first kappa shape index (κ1) is 53.7. The molecule has 8 heteroatoms. The van der Waals surface area contributed by atoms with Crippen molar-refractivity contribution in [1.82, 2.24) is 0 Å². The van der Waals surface area contributed by atoms with Crippen LogP contribution in [0.25, 0.3) is 0 Å². The summed E-state index contributed by atoms with van der Waals surface area (Å²) in [7, 11) is 5.49. The Morgan fingerprint density at radius 2 is 0.914 bits per heavy atom. The quantitative estimate of drug-likeness (QED) is 0.0291. The average molecular weight is 805 g/mol. The van der Waals surface area contributed by atoms with Crippen LogP contribution < -0.4 is 0 Å². The number of ether oxygens (including phenoxy) is 3. The highest BCUT2D eigenvalue weighted by Crippen LogP contribution is 2.13. The number of rotatable bonds is 36. The van der Waals surface area contributed by atoms with E-state index in [4.69, 9.17) is 14.2 Å². The SMILES string of the molecule is CC/C=C/C=C/C=C/C=C/C=C/C=C/C=C/CCCCCC(=O)OC(COCCC(C(=O)O)[N+](C)(C)C)COC(=O)CCCCCCCCC/C=C/C=C/C=C/CC. The molecule has 1 N–H and O–H groups in total. The number of allylic oxidation sites excluding steroid dienone is 20. The first-order valence-electron chi connectivity index (χ1n) is 21.7. The van der Waals surface area contributed by atoms with Gasteiger partial charge in [0.1, 0.15) is 6.61 Å². The number of unbranched alkanes of at least 4 members (excludes halogenated alkanes) is 10. The summed E-state index contributed by atoms with van der Waals surface area (Å²) in [6.07, 6.45) is 55.2. The van der Waals surface area contributed by atoms with E-state index in [-0.39, 0.29) is 42.7 Å². The first-order chi connectivity index (χ1) is 28.1. The molecule has 0 aromatic rings. The van der Waals surface area contributed by atoms with Crippen LogP contribution in [0.2, 0.25) is 0 Å². The van der Waals surface area contributed by atoms with Gasteiger partial charge in [0, 0.05) is 19.3 Å². The van der Waals surface area contributed by atoms with Crippen molar-refractivity contribution in [3.8, 4) is 0 Å². The smallest absolute Gasteiger partial charge is 0.362 e. The van der Waals surface area contributed by atoms with Crippen LogP contribution in [-0.2, 0) is 28.6 Å². The van der Waals surface area contributed by atoms with Crippen LogP contribution in [0, 0.1) is 0 Å². The molecule has 58 heavy (non-hydrogen) atoms. The lowest BCUT2D eigenvalue weighted by Crippen LogP contribution is -2.50. The molecule has 0 bridgehead atoms. The number of carboxylic acid groups (broad SMARTS) is 1. The van der Waals surface area contributed by atoms with Gasteiger partial charge in [-0.05, 0) is 51.4 Å². The van der Waals surface area contributed by atoms with Crippen molar-refractivity contribution < 1.29 is 38.2 Å². The summed E-state index contributed by atoms with van der Waals surface area (Å²) in [6.45, 7) is 4.36. The largest absolute Gasteiger partial charge is 0.477 e. The van der Waals surface area contributed by atoms with Gasteiger partial charge in [0.2, 0.25) is 0 Å². The fraction of sp³-hybridized carbons (Fsp3) is 0.540. The van der Waals surface area contributed by atoms with E-state index < -0.39 is 18.1 Å². The van der Waals surface area contributed by atoms with Crippen molar-refractivity contribution in [2.75, 3.05) is 41.0 Å². The van der Waals surface area contributed by atoms with Gasteiger partial charge in [-0.3, -0.25) is 9.59 Å². The lowest BCUT2D eigenvalue weighted by Gasteiger charge is -2.31. The lowest BCUT2D eigenvalue weighted by molar-refractivity contribution is -0.887. The summed E-state index contributed by atoms with van der Waals surface area (Å²) in [5.41, 5.74) is 0. The molecule has 0 radical (unpaired) electrons. The molecular formula is C50H78NO7+. The van der Waals surface area contributed by atoms with E-state index in [0.29, 0.717) is 19.3 Å². The highest BCUT2D eigenvalue weighted by molar-refractivity contribution is 5.72. The zero-order valence-electron chi connectivity index (χ0n) is 36.7. The van der Waals surface area contributed by atoms with Gasteiger partial charge in [-0.2, -0.15) is 0 Å². The molecule has 0 saturated carbocycles. The highest BCUT2D eigenvalue weighted by atomic mass is 16.6. The Bertz CT molecular complexity index is 1350. The van der Waals surface area contributed by atoms with Crippen molar-refractivity contribution in [2.24, 2.45) is 0 Å². The number of nitrogens with zero attached hydrogens (tertiary/aromatic N) is 1. The Kier molecular flexibility index (Phi) is 36.6. The van der Waals surface area contributed by atoms with Crippen molar-refractivity contribution in [1.29, 1.82) is 0 Å². The molecular weight excluding hydrogens is 727 g/mol. The van der Waals surface area contributed by atoms with Crippen LogP contribution in [0.3, 0.4) is 0 Å². The Labute approximate surface area is 352 Å². The topological polar surface area (TPSA) is 99.1 Å². The Morgan fingerprint density at radius 1 is 0.517 bits per heavy atom. The third kappa shape index (κ3) is 37.3. The van der Waals surface area contributed by atoms with Crippen LogP contribution in [0.15, 0.2) is 122 Å². The molecule has 0 spiro atoms. The van der Waals surface area contributed by atoms with Gasteiger partial charge in [-0.1, -0.05) is 174 Å². The molecule has 0 aliphatic rings. The summed E-state index contributed by atoms with van der Waals surface area (Å²) in [5, 5.41) is 9.62. The second kappa shape index (κ2) is 39.6. The number of carbonyl (C=O) groups excluding carboxylic acids is 2. The van der Waals surface area contributed by atoms with Gasteiger partial charge >= 0.3 is 17.9 Å². The Morgan fingerprint density at radius 3 is 1.36 bits per heavy atom. The van der Waals surface area contributed by atoms with E-state index in [1.807, 2.05) is 94.1 Å². The number of hydrogen-bond acceptors (Lipinski definition) is 6. The van der Waals surface area contributed by atoms with Crippen LogP contribution in [-0.4, -0.2) is 80.6 Å². The molecule has 2 unspecified atom stereocenters. The maximum Gasteiger partial charge on any atom is 0.362 e.